The number of rotatable bonds is 5. The van der Waals surface area contributed by atoms with Gasteiger partial charge in [-0.15, -0.1) is 0 Å². The van der Waals surface area contributed by atoms with Crippen LogP contribution in [0.4, 0.5) is 0 Å². The monoisotopic (exact) mass is 353 g/mol. The van der Waals surface area contributed by atoms with Gasteiger partial charge in [0.05, 0.1) is 11.3 Å². The molecule has 1 aromatic carbocycles. The summed E-state index contributed by atoms with van der Waals surface area (Å²) in [5.41, 5.74) is 0.892. The predicted octanol–water partition coefficient (Wildman–Crippen LogP) is 2.22. The van der Waals surface area contributed by atoms with Gasteiger partial charge in [0.25, 0.3) is 0 Å². The maximum absolute atomic E-state index is 13.3. The van der Waals surface area contributed by atoms with Crippen molar-refractivity contribution in [2.24, 2.45) is 11.3 Å². The Hall–Kier alpha value is -2.21. The normalized spacial score (nSPS) is 26.7. The molecule has 1 saturated heterocycles. The fourth-order valence-electron chi connectivity index (χ4n) is 4.68. The Morgan fingerprint density at radius 3 is 2.96 bits per heavy atom. The minimum absolute atomic E-state index is 0.0161. The lowest BCUT2D eigenvalue weighted by Crippen LogP contribution is -2.47. The van der Waals surface area contributed by atoms with E-state index < -0.39 is 0 Å². The van der Waals surface area contributed by atoms with E-state index in [0.717, 1.165) is 43.7 Å². The largest absolute Gasteiger partial charge is 0.354 e. The summed E-state index contributed by atoms with van der Waals surface area (Å²) in [6.45, 7) is 2.31. The molecule has 1 aromatic heterocycles. The van der Waals surface area contributed by atoms with Crippen molar-refractivity contribution in [3.63, 3.8) is 0 Å². The summed E-state index contributed by atoms with van der Waals surface area (Å²) in [5.74, 6) is 1.44. The molecule has 3 unspecified atom stereocenters. The number of benzene rings is 1. The Labute approximate surface area is 154 Å². The third-order valence-electron chi connectivity index (χ3n) is 6.17. The highest BCUT2D eigenvalue weighted by Gasteiger charge is 2.48. The van der Waals surface area contributed by atoms with Gasteiger partial charge in [-0.3, -0.25) is 9.89 Å². The van der Waals surface area contributed by atoms with Crippen LogP contribution in [0.25, 0.3) is 0 Å². The van der Waals surface area contributed by atoms with E-state index in [1.807, 2.05) is 18.2 Å². The van der Waals surface area contributed by atoms with Crippen LogP contribution in [0.1, 0.15) is 49.4 Å². The number of carbonyl (C=O) groups is 1. The van der Waals surface area contributed by atoms with E-state index >= 15 is 0 Å². The summed E-state index contributed by atoms with van der Waals surface area (Å²) in [7, 11) is 0. The lowest BCUT2D eigenvalue weighted by Gasteiger charge is -2.32. The molecule has 2 fully saturated rings. The smallest absolute Gasteiger partial charge is 0.227 e. The van der Waals surface area contributed by atoms with E-state index in [4.69, 9.17) is 0 Å². The molecule has 6 nitrogen and oxygen atoms in total. The molecule has 2 aromatic rings. The second-order valence-corrected chi connectivity index (χ2v) is 7.63. The van der Waals surface area contributed by atoms with Gasteiger partial charge >= 0.3 is 0 Å². The minimum Gasteiger partial charge on any atom is -0.354 e. The Morgan fingerprint density at radius 2 is 2.15 bits per heavy atom. The minimum atomic E-state index is -0.237. The maximum atomic E-state index is 13.3. The first-order valence-corrected chi connectivity index (χ1v) is 9.69. The van der Waals surface area contributed by atoms with Crippen LogP contribution in [0.15, 0.2) is 36.7 Å². The van der Waals surface area contributed by atoms with E-state index in [1.165, 1.54) is 19.2 Å². The van der Waals surface area contributed by atoms with Crippen LogP contribution in [0, 0.1) is 11.3 Å². The molecule has 3 atom stereocenters. The molecule has 1 aliphatic carbocycles. The topological polar surface area (TPSA) is 82.7 Å². The summed E-state index contributed by atoms with van der Waals surface area (Å²) in [6, 6.07) is 10.2. The average molecular weight is 353 g/mol. The number of amides is 1. The van der Waals surface area contributed by atoms with Crippen LogP contribution in [-0.4, -0.2) is 40.7 Å². The Kier molecular flexibility index (Phi) is 5.02. The first-order valence-electron chi connectivity index (χ1n) is 9.69. The zero-order chi connectivity index (χ0) is 17.8. The van der Waals surface area contributed by atoms with Gasteiger partial charge in [0.15, 0.2) is 0 Å². The Morgan fingerprint density at radius 1 is 1.27 bits per heavy atom. The molecule has 1 amide bonds. The van der Waals surface area contributed by atoms with Crippen LogP contribution in [0.5, 0.6) is 0 Å². The highest BCUT2D eigenvalue weighted by atomic mass is 16.2. The second-order valence-electron chi connectivity index (χ2n) is 7.63. The van der Waals surface area contributed by atoms with Crippen molar-refractivity contribution < 1.29 is 4.79 Å². The molecular formula is C20H27N5O. The number of aromatic amines is 1. The molecule has 0 radical (unpaired) electrons. The molecule has 2 aliphatic rings. The third-order valence-corrected chi connectivity index (χ3v) is 6.17. The number of aromatic nitrogens is 3. The van der Waals surface area contributed by atoms with Gasteiger partial charge in [0, 0.05) is 13.1 Å². The fourth-order valence-corrected chi connectivity index (χ4v) is 4.68. The molecule has 26 heavy (non-hydrogen) atoms. The van der Waals surface area contributed by atoms with Gasteiger partial charge in [0.1, 0.15) is 12.2 Å². The zero-order valence-electron chi connectivity index (χ0n) is 15.1. The number of H-pyrrole nitrogens is 1. The van der Waals surface area contributed by atoms with Crippen molar-refractivity contribution in [2.45, 2.75) is 38.0 Å². The Bertz CT molecular complexity index is 717. The quantitative estimate of drug-likeness (QED) is 0.770. The van der Waals surface area contributed by atoms with Crippen LogP contribution in [0.3, 0.4) is 0 Å². The maximum Gasteiger partial charge on any atom is 0.227 e. The number of nitrogens with one attached hydrogen (secondary N) is 3. The van der Waals surface area contributed by atoms with Gasteiger partial charge < -0.3 is 10.6 Å². The third kappa shape index (κ3) is 3.26. The molecular weight excluding hydrogens is 326 g/mol. The van der Waals surface area contributed by atoms with Crippen LogP contribution in [-0.2, 0) is 4.79 Å². The van der Waals surface area contributed by atoms with Crippen molar-refractivity contribution in [3.8, 4) is 0 Å². The molecule has 138 valence electrons. The van der Waals surface area contributed by atoms with Gasteiger partial charge in [0.2, 0.25) is 5.91 Å². The number of hydrogen-bond acceptors (Lipinski definition) is 4. The average Bonchev–Trinajstić information content (AvgIpc) is 3.30. The van der Waals surface area contributed by atoms with Crippen molar-refractivity contribution in [3.05, 3.63) is 48.0 Å². The fraction of sp³-hybridized carbons (Fsp3) is 0.550. The van der Waals surface area contributed by atoms with E-state index in [1.54, 1.807) is 0 Å². The highest BCUT2D eigenvalue weighted by Crippen LogP contribution is 2.42. The van der Waals surface area contributed by atoms with E-state index in [-0.39, 0.29) is 17.2 Å². The standard InChI is InChI=1S/C20H27N5O/c26-19(20-10-6-2-5-9-16(20)11-21-13-20)22-12-17(18-23-14-24-25-18)15-7-3-1-4-8-15/h1,3-4,7-8,14,16-17,21H,2,5-6,9-13H2,(H,22,26)(H,23,24,25). The van der Waals surface area contributed by atoms with Crippen LogP contribution in [0.2, 0.25) is 0 Å². The van der Waals surface area contributed by atoms with Crippen LogP contribution >= 0.6 is 0 Å². The van der Waals surface area contributed by atoms with Gasteiger partial charge in [-0.25, -0.2) is 4.98 Å². The molecule has 3 N–H and O–H groups in total. The summed E-state index contributed by atoms with van der Waals surface area (Å²) in [6.07, 6.45) is 7.31. The molecule has 1 saturated carbocycles. The van der Waals surface area contributed by atoms with Gasteiger partial charge in [-0.1, -0.05) is 49.6 Å². The van der Waals surface area contributed by atoms with E-state index in [2.05, 4.69) is 37.9 Å². The lowest BCUT2D eigenvalue weighted by atomic mass is 9.73. The van der Waals surface area contributed by atoms with Crippen molar-refractivity contribution >= 4 is 5.91 Å². The summed E-state index contributed by atoms with van der Waals surface area (Å²) >= 11 is 0. The van der Waals surface area contributed by atoms with Crippen LogP contribution < -0.4 is 10.6 Å². The van der Waals surface area contributed by atoms with E-state index in [0.29, 0.717) is 12.5 Å². The zero-order valence-corrected chi connectivity index (χ0v) is 15.1. The van der Waals surface area contributed by atoms with Gasteiger partial charge in [-0.2, -0.15) is 5.10 Å². The number of fused-ring (bicyclic) bond motifs is 1. The molecule has 0 spiro atoms. The molecule has 4 rings (SSSR count). The summed E-state index contributed by atoms with van der Waals surface area (Å²) < 4.78 is 0. The predicted molar refractivity (Wildman–Crippen MR) is 99.6 cm³/mol. The first-order chi connectivity index (χ1) is 12.8. The number of carbonyl (C=O) groups excluding carboxylic acids is 1. The number of hydrogen-bond donors (Lipinski definition) is 3. The van der Waals surface area contributed by atoms with E-state index in [9.17, 15) is 4.79 Å². The molecule has 2 heterocycles. The first kappa shape index (κ1) is 17.2. The Balaban J connectivity index is 1.51. The molecule has 6 heteroatoms. The SMILES string of the molecule is O=C(NCC(c1ccccc1)c1ncn[nH]1)C12CCCCCC1CNC2. The summed E-state index contributed by atoms with van der Waals surface area (Å²) in [5, 5.41) is 13.7. The van der Waals surface area contributed by atoms with Crippen molar-refractivity contribution in [2.75, 3.05) is 19.6 Å². The van der Waals surface area contributed by atoms with Crippen molar-refractivity contribution in [1.29, 1.82) is 0 Å². The number of nitrogens with zero attached hydrogens (tertiary/aromatic N) is 2. The van der Waals surface area contributed by atoms with Gasteiger partial charge in [-0.05, 0) is 30.9 Å². The second kappa shape index (κ2) is 7.58. The highest BCUT2D eigenvalue weighted by molar-refractivity contribution is 5.84. The van der Waals surface area contributed by atoms with Crippen molar-refractivity contribution in [1.82, 2.24) is 25.8 Å². The molecule has 1 aliphatic heterocycles. The summed E-state index contributed by atoms with van der Waals surface area (Å²) in [4.78, 5) is 17.6. The lowest BCUT2D eigenvalue weighted by molar-refractivity contribution is -0.132. The molecule has 0 bridgehead atoms.